The maximum Gasteiger partial charge on any atom is 0.163 e. The van der Waals surface area contributed by atoms with Crippen LogP contribution in [0.5, 0.6) is 11.5 Å². The van der Waals surface area contributed by atoms with E-state index in [1.165, 1.54) is 0 Å². The Hall–Kier alpha value is -2.44. The Morgan fingerprint density at radius 2 is 1.69 bits per heavy atom. The zero-order chi connectivity index (χ0) is 18.4. The Morgan fingerprint density at radius 1 is 0.962 bits per heavy atom. The van der Waals surface area contributed by atoms with Gasteiger partial charge in [-0.1, -0.05) is 41.4 Å². The summed E-state index contributed by atoms with van der Waals surface area (Å²) in [7, 11) is 0. The molecule has 3 aromatic rings. The zero-order valence-electron chi connectivity index (χ0n) is 14.2. The lowest BCUT2D eigenvalue weighted by molar-refractivity contribution is 0.269. The summed E-state index contributed by atoms with van der Waals surface area (Å²) in [6.07, 6.45) is 3.14. The van der Waals surface area contributed by atoms with Crippen LogP contribution in [-0.4, -0.2) is 21.5 Å². The summed E-state index contributed by atoms with van der Waals surface area (Å²) < 4.78 is 13.3. The molecule has 8 heteroatoms. The molecule has 0 aliphatic rings. The van der Waals surface area contributed by atoms with Gasteiger partial charge in [0.25, 0.3) is 0 Å². The highest BCUT2D eigenvalue weighted by molar-refractivity contribution is 6.31. The summed E-state index contributed by atoms with van der Waals surface area (Å²) in [6.45, 7) is 3.25. The third-order valence-corrected chi connectivity index (χ3v) is 4.35. The van der Waals surface area contributed by atoms with Gasteiger partial charge >= 0.3 is 0 Å². The number of rotatable bonds is 8. The summed E-state index contributed by atoms with van der Waals surface area (Å²) >= 11 is 12.6. The summed E-state index contributed by atoms with van der Waals surface area (Å²) in [5, 5.41) is 8.71. The molecule has 0 fully saturated rings. The fourth-order valence-electron chi connectivity index (χ4n) is 2.32. The van der Waals surface area contributed by atoms with Crippen LogP contribution >= 0.6 is 23.2 Å². The molecule has 1 N–H and O–H groups in total. The molecular formula is C18H18Cl2N4O2. The van der Waals surface area contributed by atoms with E-state index in [1.807, 2.05) is 37.3 Å². The highest BCUT2D eigenvalue weighted by Gasteiger charge is 2.12. The molecule has 0 bridgehead atoms. The first-order valence-electron chi connectivity index (χ1n) is 8.07. The van der Waals surface area contributed by atoms with Crippen LogP contribution in [-0.2, 0) is 13.2 Å². The molecule has 0 aliphatic carbocycles. The molecule has 0 amide bonds. The minimum absolute atomic E-state index is 0.328. The van der Waals surface area contributed by atoms with Gasteiger partial charge in [0.15, 0.2) is 11.5 Å². The average molecular weight is 393 g/mol. The predicted octanol–water partition coefficient (Wildman–Crippen LogP) is 4.31. The van der Waals surface area contributed by atoms with Gasteiger partial charge in [-0.15, -0.1) is 10.2 Å². The standard InChI is InChI=1S/C18H18Cl2N4O2/c1-2-25-17-7-14(9-23-24-11-21-22-12-24)16(20)8-18(17)26-10-13-5-3-4-6-15(13)19/h3-8,11-12,23H,2,9-10H2,1H3. The number of halogens is 2. The molecule has 0 aliphatic heterocycles. The summed E-state index contributed by atoms with van der Waals surface area (Å²) in [5.41, 5.74) is 4.89. The Balaban J connectivity index is 1.76. The number of hydrogen-bond acceptors (Lipinski definition) is 5. The number of benzene rings is 2. The van der Waals surface area contributed by atoms with Crippen molar-refractivity contribution < 1.29 is 9.47 Å². The van der Waals surface area contributed by atoms with E-state index in [2.05, 4.69) is 15.6 Å². The van der Waals surface area contributed by atoms with E-state index in [1.54, 1.807) is 23.4 Å². The SMILES string of the molecule is CCOc1cc(CNn2cnnc2)c(Cl)cc1OCc1ccccc1Cl. The molecule has 1 heterocycles. The van der Waals surface area contributed by atoms with Gasteiger partial charge in [0.2, 0.25) is 0 Å². The molecular weight excluding hydrogens is 375 g/mol. The third-order valence-electron chi connectivity index (χ3n) is 3.62. The zero-order valence-corrected chi connectivity index (χ0v) is 15.7. The number of hydrogen-bond donors (Lipinski definition) is 1. The highest BCUT2D eigenvalue weighted by atomic mass is 35.5. The van der Waals surface area contributed by atoms with Crippen LogP contribution in [0.2, 0.25) is 10.0 Å². The number of nitrogens with one attached hydrogen (secondary N) is 1. The molecule has 0 atom stereocenters. The normalized spacial score (nSPS) is 10.6. The van der Waals surface area contributed by atoms with E-state index in [-0.39, 0.29) is 0 Å². The summed E-state index contributed by atoms with van der Waals surface area (Å²) in [5.74, 6) is 1.20. The fraction of sp³-hybridized carbons (Fsp3) is 0.222. The van der Waals surface area contributed by atoms with E-state index >= 15 is 0 Å². The van der Waals surface area contributed by atoms with Crippen molar-refractivity contribution >= 4 is 23.2 Å². The van der Waals surface area contributed by atoms with Crippen LogP contribution in [0.4, 0.5) is 0 Å². The molecule has 1 aromatic heterocycles. The van der Waals surface area contributed by atoms with Crippen molar-refractivity contribution in [2.24, 2.45) is 0 Å². The van der Waals surface area contributed by atoms with Crippen LogP contribution in [0.25, 0.3) is 0 Å². The lowest BCUT2D eigenvalue weighted by Gasteiger charge is -2.16. The lowest BCUT2D eigenvalue weighted by Crippen LogP contribution is -2.12. The molecule has 0 unspecified atom stereocenters. The topological polar surface area (TPSA) is 61.2 Å². The van der Waals surface area contributed by atoms with Crippen molar-refractivity contribution in [2.75, 3.05) is 12.0 Å². The molecule has 6 nitrogen and oxygen atoms in total. The monoisotopic (exact) mass is 392 g/mol. The van der Waals surface area contributed by atoms with Gasteiger partial charge in [-0.3, -0.25) is 0 Å². The van der Waals surface area contributed by atoms with Gasteiger partial charge in [0.1, 0.15) is 19.3 Å². The Morgan fingerprint density at radius 3 is 2.42 bits per heavy atom. The second-order valence-corrected chi connectivity index (χ2v) is 6.22. The van der Waals surface area contributed by atoms with Crippen molar-refractivity contribution in [3.8, 4) is 11.5 Å². The van der Waals surface area contributed by atoms with E-state index in [0.29, 0.717) is 41.3 Å². The third kappa shape index (κ3) is 4.59. The maximum absolute atomic E-state index is 6.41. The average Bonchev–Trinajstić information content (AvgIpc) is 3.15. The van der Waals surface area contributed by atoms with E-state index in [0.717, 1.165) is 11.1 Å². The molecule has 0 saturated carbocycles. The highest BCUT2D eigenvalue weighted by Crippen LogP contribution is 2.34. The van der Waals surface area contributed by atoms with Crippen molar-refractivity contribution in [1.82, 2.24) is 14.9 Å². The van der Waals surface area contributed by atoms with Crippen LogP contribution in [0, 0.1) is 0 Å². The smallest absolute Gasteiger partial charge is 0.163 e. The first-order valence-corrected chi connectivity index (χ1v) is 8.83. The number of aromatic nitrogens is 3. The Kier molecular flexibility index (Phi) is 6.20. The molecule has 26 heavy (non-hydrogen) atoms. The molecule has 0 spiro atoms. The van der Waals surface area contributed by atoms with Crippen LogP contribution in [0.1, 0.15) is 18.1 Å². The minimum atomic E-state index is 0.328. The van der Waals surface area contributed by atoms with Gasteiger partial charge in [-0.05, 0) is 24.6 Å². The number of ether oxygens (including phenoxy) is 2. The van der Waals surface area contributed by atoms with E-state index < -0.39 is 0 Å². The quantitative estimate of drug-likeness (QED) is 0.618. The van der Waals surface area contributed by atoms with Crippen molar-refractivity contribution in [1.29, 1.82) is 0 Å². The molecule has 3 rings (SSSR count). The molecule has 0 saturated heterocycles. The number of nitrogens with zero attached hydrogens (tertiary/aromatic N) is 3. The van der Waals surface area contributed by atoms with Gasteiger partial charge < -0.3 is 14.9 Å². The predicted molar refractivity (Wildman–Crippen MR) is 101 cm³/mol. The maximum atomic E-state index is 6.41. The van der Waals surface area contributed by atoms with Crippen LogP contribution < -0.4 is 14.9 Å². The molecule has 136 valence electrons. The first-order chi connectivity index (χ1) is 12.7. The molecule has 0 radical (unpaired) electrons. The second kappa shape index (κ2) is 8.78. The fourth-order valence-corrected chi connectivity index (χ4v) is 2.73. The molecule has 2 aromatic carbocycles. The van der Waals surface area contributed by atoms with Crippen molar-refractivity contribution in [3.63, 3.8) is 0 Å². The summed E-state index contributed by atoms with van der Waals surface area (Å²) in [6, 6.07) is 11.2. The largest absolute Gasteiger partial charge is 0.490 e. The van der Waals surface area contributed by atoms with Gasteiger partial charge in [0.05, 0.1) is 13.2 Å². The Bertz CT molecular complexity index is 856. The first kappa shape index (κ1) is 18.4. The van der Waals surface area contributed by atoms with Gasteiger partial charge in [0, 0.05) is 21.7 Å². The summed E-state index contributed by atoms with van der Waals surface area (Å²) in [4.78, 5) is 0. The lowest BCUT2D eigenvalue weighted by atomic mass is 10.2. The Labute approximate surface area is 161 Å². The van der Waals surface area contributed by atoms with Crippen LogP contribution in [0.3, 0.4) is 0 Å². The van der Waals surface area contributed by atoms with E-state index in [4.69, 9.17) is 32.7 Å². The minimum Gasteiger partial charge on any atom is -0.490 e. The van der Waals surface area contributed by atoms with Crippen molar-refractivity contribution in [3.05, 3.63) is 70.2 Å². The van der Waals surface area contributed by atoms with E-state index in [9.17, 15) is 0 Å². The van der Waals surface area contributed by atoms with Gasteiger partial charge in [-0.25, -0.2) is 4.68 Å². The van der Waals surface area contributed by atoms with Gasteiger partial charge in [-0.2, -0.15) is 0 Å². The van der Waals surface area contributed by atoms with Crippen molar-refractivity contribution in [2.45, 2.75) is 20.1 Å². The second-order valence-electron chi connectivity index (χ2n) is 5.41. The van der Waals surface area contributed by atoms with Crippen LogP contribution in [0.15, 0.2) is 49.1 Å².